The maximum absolute atomic E-state index is 13.2. The number of hydrogen-bond acceptors (Lipinski definition) is 3. The fourth-order valence-electron chi connectivity index (χ4n) is 1.91. The number of aromatic nitrogens is 1. The van der Waals surface area contributed by atoms with Crippen LogP contribution in [-0.4, -0.2) is 30.2 Å². The molecule has 0 aromatic carbocycles. The van der Waals surface area contributed by atoms with Crippen molar-refractivity contribution in [1.29, 1.82) is 0 Å². The quantitative estimate of drug-likeness (QED) is 0.817. The average Bonchev–Trinajstić information content (AvgIpc) is 2.29. The number of anilines is 1. The van der Waals surface area contributed by atoms with Crippen molar-refractivity contribution in [3.05, 3.63) is 24.0 Å². The summed E-state index contributed by atoms with van der Waals surface area (Å²) in [5.74, 6) is -0.560. The molecule has 5 heteroatoms. The number of hydrogen-bond donors (Lipinski definition) is 1. The lowest BCUT2D eigenvalue weighted by atomic mass is 10.1. The minimum atomic E-state index is -0.793. The molecular formula is C11H14FN3O. The molecule has 16 heavy (non-hydrogen) atoms. The molecule has 1 aromatic heterocycles. The van der Waals surface area contributed by atoms with Gasteiger partial charge in [0.2, 0.25) is 0 Å². The highest BCUT2D eigenvalue weighted by molar-refractivity contribution is 5.91. The summed E-state index contributed by atoms with van der Waals surface area (Å²) in [4.78, 5) is 16.7. The summed E-state index contributed by atoms with van der Waals surface area (Å²) in [6, 6.07) is 3.38. The third-order valence-electron chi connectivity index (χ3n) is 2.73. The molecule has 2 rings (SSSR count). The summed E-state index contributed by atoms with van der Waals surface area (Å²) in [6.07, 6.45) is 2.18. The minimum absolute atomic E-state index is 0.221. The second-order valence-electron chi connectivity index (χ2n) is 3.95. The summed E-state index contributed by atoms with van der Waals surface area (Å²) in [5, 5.41) is 0. The number of rotatable bonds is 2. The van der Waals surface area contributed by atoms with Crippen LogP contribution >= 0.6 is 0 Å². The molecule has 2 N–H and O–H groups in total. The van der Waals surface area contributed by atoms with Crippen molar-refractivity contribution in [2.45, 2.75) is 19.0 Å². The van der Waals surface area contributed by atoms with Gasteiger partial charge in [0.15, 0.2) is 0 Å². The molecule has 1 unspecified atom stereocenters. The highest BCUT2D eigenvalue weighted by atomic mass is 19.1. The highest BCUT2D eigenvalue weighted by Crippen LogP contribution is 2.21. The Morgan fingerprint density at radius 1 is 1.62 bits per heavy atom. The number of nitrogens with two attached hydrogens (primary N) is 1. The Hall–Kier alpha value is -1.65. The molecule has 0 saturated carbocycles. The predicted octanol–water partition coefficient (Wildman–Crippen LogP) is 1.12. The van der Waals surface area contributed by atoms with Gasteiger partial charge in [0, 0.05) is 25.0 Å². The van der Waals surface area contributed by atoms with Gasteiger partial charge < -0.3 is 10.6 Å². The molecular weight excluding hydrogens is 209 g/mol. The van der Waals surface area contributed by atoms with E-state index in [1.807, 2.05) is 4.90 Å². The molecule has 0 bridgehead atoms. The molecule has 1 fully saturated rings. The van der Waals surface area contributed by atoms with E-state index in [9.17, 15) is 9.18 Å². The number of primary amides is 1. The lowest BCUT2D eigenvalue weighted by Gasteiger charge is -2.30. The van der Waals surface area contributed by atoms with E-state index in [4.69, 9.17) is 5.73 Å². The number of pyridine rings is 1. The van der Waals surface area contributed by atoms with E-state index in [-0.39, 0.29) is 5.69 Å². The maximum Gasteiger partial charge on any atom is 0.267 e. The molecule has 1 aliphatic rings. The fourth-order valence-corrected chi connectivity index (χ4v) is 1.91. The lowest BCUT2D eigenvalue weighted by Crippen LogP contribution is -2.36. The van der Waals surface area contributed by atoms with E-state index in [1.165, 1.54) is 6.20 Å². The third kappa shape index (κ3) is 2.29. The SMILES string of the molecule is NC(=O)c1cc(N2CCCC(F)C2)ccn1. The normalized spacial score (nSPS) is 20.8. The van der Waals surface area contributed by atoms with Gasteiger partial charge in [-0.3, -0.25) is 9.78 Å². The van der Waals surface area contributed by atoms with Crippen molar-refractivity contribution in [2.24, 2.45) is 5.73 Å². The number of carbonyl (C=O) groups excluding carboxylic acids is 1. The maximum atomic E-state index is 13.2. The first-order valence-corrected chi connectivity index (χ1v) is 5.31. The molecule has 2 heterocycles. The molecule has 0 aliphatic carbocycles. The fraction of sp³-hybridized carbons (Fsp3) is 0.455. The molecule has 1 atom stereocenters. The van der Waals surface area contributed by atoms with Gasteiger partial charge in [-0.05, 0) is 25.0 Å². The van der Waals surface area contributed by atoms with E-state index in [2.05, 4.69) is 4.98 Å². The second-order valence-corrected chi connectivity index (χ2v) is 3.95. The predicted molar refractivity (Wildman–Crippen MR) is 59.1 cm³/mol. The Bertz CT molecular complexity index is 397. The van der Waals surface area contributed by atoms with E-state index in [0.29, 0.717) is 13.0 Å². The monoisotopic (exact) mass is 223 g/mol. The molecule has 0 spiro atoms. The molecule has 1 amide bonds. The molecule has 86 valence electrons. The van der Waals surface area contributed by atoms with Crippen molar-refractivity contribution in [1.82, 2.24) is 4.98 Å². The Morgan fingerprint density at radius 3 is 3.12 bits per heavy atom. The Morgan fingerprint density at radius 2 is 2.44 bits per heavy atom. The Kier molecular flexibility index (Phi) is 3.03. The topological polar surface area (TPSA) is 59.2 Å². The van der Waals surface area contributed by atoms with E-state index < -0.39 is 12.1 Å². The largest absolute Gasteiger partial charge is 0.369 e. The van der Waals surface area contributed by atoms with Crippen LogP contribution < -0.4 is 10.6 Å². The van der Waals surface area contributed by atoms with Crippen molar-refractivity contribution in [3.8, 4) is 0 Å². The smallest absolute Gasteiger partial charge is 0.267 e. The lowest BCUT2D eigenvalue weighted by molar-refractivity contribution is 0.0995. The second kappa shape index (κ2) is 4.47. The van der Waals surface area contributed by atoms with Gasteiger partial charge >= 0.3 is 0 Å². The third-order valence-corrected chi connectivity index (χ3v) is 2.73. The summed E-state index contributed by atoms with van der Waals surface area (Å²) < 4.78 is 13.2. The summed E-state index contributed by atoms with van der Waals surface area (Å²) in [7, 11) is 0. The van der Waals surface area contributed by atoms with E-state index >= 15 is 0 Å². The zero-order valence-corrected chi connectivity index (χ0v) is 8.90. The summed E-state index contributed by atoms with van der Waals surface area (Å²) >= 11 is 0. The Balaban J connectivity index is 2.19. The van der Waals surface area contributed by atoms with Gasteiger partial charge in [0.05, 0.1) is 0 Å². The minimum Gasteiger partial charge on any atom is -0.369 e. The first-order valence-electron chi connectivity index (χ1n) is 5.31. The average molecular weight is 223 g/mol. The molecule has 1 aromatic rings. The zero-order valence-electron chi connectivity index (χ0n) is 8.90. The van der Waals surface area contributed by atoms with Gasteiger partial charge in [0.1, 0.15) is 11.9 Å². The molecule has 4 nitrogen and oxygen atoms in total. The van der Waals surface area contributed by atoms with Crippen LogP contribution in [0.1, 0.15) is 23.3 Å². The number of nitrogens with zero attached hydrogens (tertiary/aromatic N) is 2. The molecule has 0 radical (unpaired) electrons. The van der Waals surface area contributed by atoms with Gasteiger partial charge in [-0.1, -0.05) is 0 Å². The number of halogens is 1. The van der Waals surface area contributed by atoms with E-state index in [1.54, 1.807) is 12.1 Å². The van der Waals surface area contributed by atoms with Crippen molar-refractivity contribution in [2.75, 3.05) is 18.0 Å². The van der Waals surface area contributed by atoms with Crippen molar-refractivity contribution >= 4 is 11.6 Å². The van der Waals surface area contributed by atoms with Crippen LogP contribution in [0.15, 0.2) is 18.3 Å². The summed E-state index contributed by atoms with van der Waals surface area (Å²) in [6.45, 7) is 1.19. The zero-order chi connectivity index (χ0) is 11.5. The van der Waals surface area contributed by atoms with Crippen LogP contribution in [0, 0.1) is 0 Å². The van der Waals surface area contributed by atoms with Gasteiger partial charge in [0.25, 0.3) is 5.91 Å². The number of carbonyl (C=O) groups is 1. The van der Waals surface area contributed by atoms with Crippen LogP contribution in [0.5, 0.6) is 0 Å². The number of piperidine rings is 1. The molecule has 1 saturated heterocycles. The van der Waals surface area contributed by atoms with Crippen LogP contribution in [0.3, 0.4) is 0 Å². The summed E-state index contributed by atoms with van der Waals surface area (Å²) in [5.41, 5.74) is 6.18. The van der Waals surface area contributed by atoms with Gasteiger partial charge in [-0.25, -0.2) is 4.39 Å². The molecule has 1 aliphatic heterocycles. The van der Waals surface area contributed by atoms with E-state index in [0.717, 1.165) is 18.7 Å². The van der Waals surface area contributed by atoms with Crippen molar-refractivity contribution in [3.63, 3.8) is 0 Å². The van der Waals surface area contributed by atoms with Crippen LogP contribution in [0.4, 0.5) is 10.1 Å². The highest BCUT2D eigenvalue weighted by Gasteiger charge is 2.19. The number of alkyl halides is 1. The van der Waals surface area contributed by atoms with Gasteiger partial charge in [-0.2, -0.15) is 0 Å². The Labute approximate surface area is 93.3 Å². The number of amides is 1. The van der Waals surface area contributed by atoms with Gasteiger partial charge in [-0.15, -0.1) is 0 Å². The van der Waals surface area contributed by atoms with Crippen LogP contribution in [0.2, 0.25) is 0 Å². The van der Waals surface area contributed by atoms with Crippen LogP contribution in [-0.2, 0) is 0 Å². The first-order chi connectivity index (χ1) is 7.66. The van der Waals surface area contributed by atoms with Crippen molar-refractivity contribution < 1.29 is 9.18 Å². The van der Waals surface area contributed by atoms with Crippen LogP contribution in [0.25, 0.3) is 0 Å². The first kappa shape index (κ1) is 10.9. The standard InChI is InChI=1S/C11H14FN3O/c12-8-2-1-5-15(7-8)9-3-4-14-10(6-9)11(13)16/h3-4,6,8H,1-2,5,7H2,(H2,13,16).